The molecule has 0 spiro atoms. The van der Waals surface area contributed by atoms with Gasteiger partial charge in [-0.25, -0.2) is 0 Å². The Morgan fingerprint density at radius 3 is 2.65 bits per heavy atom. The van der Waals surface area contributed by atoms with Crippen LogP contribution >= 0.6 is 0 Å². The second kappa shape index (κ2) is 5.63. The number of nitrogens with two attached hydrogens (primary N) is 1. The fourth-order valence-corrected chi connectivity index (χ4v) is 1.85. The molecule has 0 saturated carbocycles. The lowest BCUT2D eigenvalue weighted by Gasteiger charge is -2.18. The summed E-state index contributed by atoms with van der Waals surface area (Å²) in [7, 11) is 2.00. The van der Waals surface area contributed by atoms with Crippen molar-refractivity contribution >= 4 is 11.4 Å². The fourth-order valence-electron chi connectivity index (χ4n) is 1.85. The Bertz CT molecular complexity index is 405. The van der Waals surface area contributed by atoms with Crippen molar-refractivity contribution in [1.82, 2.24) is 4.90 Å². The molecule has 0 radical (unpaired) electrons. The summed E-state index contributed by atoms with van der Waals surface area (Å²) in [6.45, 7) is 5.93. The molecule has 0 unspecified atom stereocenters. The molecule has 0 bridgehead atoms. The summed E-state index contributed by atoms with van der Waals surface area (Å²) in [6.07, 6.45) is 0. The second-order valence-electron chi connectivity index (χ2n) is 4.74. The topological polar surface area (TPSA) is 72.4 Å². The van der Waals surface area contributed by atoms with Crippen molar-refractivity contribution in [2.24, 2.45) is 5.92 Å². The molecule has 17 heavy (non-hydrogen) atoms. The molecule has 94 valence electrons. The summed E-state index contributed by atoms with van der Waals surface area (Å²) in [4.78, 5) is 12.4. The minimum atomic E-state index is -0.443. The Balaban J connectivity index is 2.79. The number of hydrogen-bond acceptors (Lipinski definition) is 4. The molecular formula is C12H19N3O2. The molecular weight excluding hydrogens is 218 g/mol. The number of benzene rings is 1. The van der Waals surface area contributed by atoms with Crippen molar-refractivity contribution in [3.63, 3.8) is 0 Å². The first kappa shape index (κ1) is 13.4. The Morgan fingerprint density at radius 2 is 2.12 bits per heavy atom. The predicted octanol–water partition coefficient (Wildman–Crippen LogP) is 2.26. The van der Waals surface area contributed by atoms with E-state index in [0.717, 1.165) is 12.1 Å². The molecule has 0 amide bonds. The zero-order valence-electron chi connectivity index (χ0n) is 10.5. The minimum Gasteiger partial charge on any atom is -0.393 e. The van der Waals surface area contributed by atoms with Crippen molar-refractivity contribution in [3.05, 3.63) is 33.9 Å². The van der Waals surface area contributed by atoms with Gasteiger partial charge in [-0.2, -0.15) is 0 Å². The highest BCUT2D eigenvalue weighted by Crippen LogP contribution is 2.22. The zero-order chi connectivity index (χ0) is 13.0. The van der Waals surface area contributed by atoms with Gasteiger partial charge < -0.3 is 10.6 Å². The molecule has 0 fully saturated rings. The van der Waals surface area contributed by atoms with E-state index in [2.05, 4.69) is 18.7 Å². The number of nitro benzene ring substituents is 1. The van der Waals surface area contributed by atoms with Crippen molar-refractivity contribution in [3.8, 4) is 0 Å². The predicted molar refractivity (Wildman–Crippen MR) is 68.7 cm³/mol. The van der Waals surface area contributed by atoms with Crippen LogP contribution in [0.1, 0.15) is 19.4 Å². The number of nitrogen functional groups attached to an aromatic ring is 1. The van der Waals surface area contributed by atoms with E-state index >= 15 is 0 Å². The molecule has 0 aliphatic carbocycles. The Hall–Kier alpha value is -1.62. The van der Waals surface area contributed by atoms with Gasteiger partial charge in [-0.15, -0.1) is 0 Å². The lowest BCUT2D eigenvalue weighted by atomic mass is 10.1. The standard InChI is InChI=1S/C12H19N3O2/c1-9(2)7-14(3)8-10-4-5-11(13)12(6-10)15(16)17/h4-6,9H,7-8,13H2,1-3H3. The molecule has 0 atom stereocenters. The van der Waals surface area contributed by atoms with E-state index in [-0.39, 0.29) is 11.4 Å². The molecule has 5 nitrogen and oxygen atoms in total. The molecule has 1 rings (SSSR count). The van der Waals surface area contributed by atoms with Crippen molar-refractivity contribution in [2.45, 2.75) is 20.4 Å². The SMILES string of the molecule is CC(C)CN(C)Cc1ccc(N)c([N+](=O)[O-])c1. The van der Waals surface area contributed by atoms with Gasteiger partial charge in [0.1, 0.15) is 5.69 Å². The normalized spacial score (nSPS) is 11.1. The number of rotatable bonds is 5. The smallest absolute Gasteiger partial charge is 0.292 e. The van der Waals surface area contributed by atoms with Gasteiger partial charge in [0.15, 0.2) is 0 Å². The minimum absolute atomic E-state index is 0.0135. The van der Waals surface area contributed by atoms with Gasteiger partial charge in [-0.3, -0.25) is 10.1 Å². The summed E-state index contributed by atoms with van der Waals surface area (Å²) in [5.41, 5.74) is 6.66. The summed E-state index contributed by atoms with van der Waals surface area (Å²) >= 11 is 0. The fraction of sp³-hybridized carbons (Fsp3) is 0.500. The van der Waals surface area contributed by atoms with Gasteiger partial charge in [0.25, 0.3) is 5.69 Å². The van der Waals surface area contributed by atoms with Crippen LogP contribution in [0.25, 0.3) is 0 Å². The molecule has 0 heterocycles. The van der Waals surface area contributed by atoms with Crippen LogP contribution in [-0.2, 0) is 6.54 Å². The molecule has 0 saturated heterocycles. The molecule has 1 aromatic carbocycles. The average molecular weight is 237 g/mol. The Kier molecular flexibility index (Phi) is 4.45. The third-order valence-electron chi connectivity index (χ3n) is 2.42. The highest BCUT2D eigenvalue weighted by Gasteiger charge is 2.12. The number of nitro groups is 1. The third kappa shape index (κ3) is 4.03. The van der Waals surface area contributed by atoms with Crippen LogP contribution in [0.5, 0.6) is 0 Å². The van der Waals surface area contributed by atoms with E-state index in [0.29, 0.717) is 12.5 Å². The first-order valence-electron chi connectivity index (χ1n) is 5.61. The van der Waals surface area contributed by atoms with Crippen molar-refractivity contribution in [2.75, 3.05) is 19.3 Å². The van der Waals surface area contributed by atoms with Gasteiger partial charge >= 0.3 is 0 Å². The maximum absolute atomic E-state index is 10.7. The Morgan fingerprint density at radius 1 is 1.47 bits per heavy atom. The van der Waals surface area contributed by atoms with Crippen LogP contribution in [0.3, 0.4) is 0 Å². The maximum atomic E-state index is 10.7. The lowest BCUT2D eigenvalue weighted by molar-refractivity contribution is -0.384. The highest BCUT2D eigenvalue weighted by atomic mass is 16.6. The number of nitrogens with zero attached hydrogens (tertiary/aromatic N) is 2. The molecule has 1 aromatic rings. The number of anilines is 1. The first-order chi connectivity index (χ1) is 7.90. The highest BCUT2D eigenvalue weighted by molar-refractivity contribution is 5.59. The van der Waals surface area contributed by atoms with Gasteiger partial charge in [-0.1, -0.05) is 19.9 Å². The zero-order valence-corrected chi connectivity index (χ0v) is 10.5. The summed E-state index contributed by atoms with van der Waals surface area (Å²) < 4.78 is 0. The van der Waals surface area contributed by atoms with Crippen LogP contribution in [-0.4, -0.2) is 23.4 Å². The average Bonchev–Trinajstić information content (AvgIpc) is 2.19. The van der Waals surface area contributed by atoms with Gasteiger partial charge in [-0.05, 0) is 24.6 Å². The Labute approximate surface area is 101 Å². The lowest BCUT2D eigenvalue weighted by Crippen LogP contribution is -2.22. The van der Waals surface area contributed by atoms with E-state index in [1.165, 1.54) is 0 Å². The molecule has 5 heteroatoms. The molecule has 2 N–H and O–H groups in total. The van der Waals surface area contributed by atoms with E-state index in [1.807, 2.05) is 13.1 Å². The van der Waals surface area contributed by atoms with Gasteiger partial charge in [0.2, 0.25) is 0 Å². The third-order valence-corrected chi connectivity index (χ3v) is 2.42. The second-order valence-corrected chi connectivity index (χ2v) is 4.74. The first-order valence-corrected chi connectivity index (χ1v) is 5.61. The van der Waals surface area contributed by atoms with E-state index in [4.69, 9.17) is 5.73 Å². The largest absolute Gasteiger partial charge is 0.393 e. The van der Waals surface area contributed by atoms with E-state index in [9.17, 15) is 10.1 Å². The van der Waals surface area contributed by atoms with Crippen LogP contribution in [0.4, 0.5) is 11.4 Å². The quantitative estimate of drug-likeness (QED) is 0.484. The van der Waals surface area contributed by atoms with Crippen molar-refractivity contribution in [1.29, 1.82) is 0 Å². The summed E-state index contributed by atoms with van der Waals surface area (Å²) in [5, 5.41) is 10.7. The maximum Gasteiger partial charge on any atom is 0.292 e. The van der Waals surface area contributed by atoms with Crippen LogP contribution in [0, 0.1) is 16.0 Å². The monoisotopic (exact) mass is 237 g/mol. The van der Waals surface area contributed by atoms with E-state index in [1.54, 1.807) is 12.1 Å². The van der Waals surface area contributed by atoms with Crippen LogP contribution in [0.2, 0.25) is 0 Å². The van der Waals surface area contributed by atoms with Crippen LogP contribution in [0.15, 0.2) is 18.2 Å². The molecule has 0 aromatic heterocycles. The van der Waals surface area contributed by atoms with Crippen LogP contribution < -0.4 is 5.73 Å². The summed E-state index contributed by atoms with van der Waals surface area (Å²) in [6, 6.07) is 4.97. The summed E-state index contributed by atoms with van der Waals surface area (Å²) in [5.74, 6) is 0.573. The van der Waals surface area contributed by atoms with Gasteiger partial charge in [0, 0.05) is 19.2 Å². The molecule has 0 aliphatic rings. The van der Waals surface area contributed by atoms with Gasteiger partial charge in [0.05, 0.1) is 4.92 Å². The molecule has 0 aliphatic heterocycles. The van der Waals surface area contributed by atoms with E-state index < -0.39 is 4.92 Å². The van der Waals surface area contributed by atoms with Crippen molar-refractivity contribution < 1.29 is 4.92 Å². The number of hydrogen-bond donors (Lipinski definition) is 1.